The molecule has 0 unspecified atom stereocenters. The molecule has 0 radical (unpaired) electrons. The molecule has 1 saturated carbocycles. The van der Waals surface area contributed by atoms with Gasteiger partial charge >= 0.3 is 5.97 Å². The monoisotopic (exact) mass is 396 g/mol. The van der Waals surface area contributed by atoms with E-state index in [1.807, 2.05) is 6.92 Å². The van der Waals surface area contributed by atoms with Crippen molar-refractivity contribution in [1.82, 2.24) is 9.97 Å². The number of halogens is 1. The summed E-state index contributed by atoms with van der Waals surface area (Å²) >= 11 is 7.40. The zero-order valence-electron chi connectivity index (χ0n) is 14.7. The Hall–Kier alpha value is -1.70. The van der Waals surface area contributed by atoms with Gasteiger partial charge in [0.1, 0.15) is 11.8 Å². The summed E-state index contributed by atoms with van der Waals surface area (Å²) in [6.07, 6.45) is 4.82. The molecular weight excluding hydrogens is 376 g/mol. The molecule has 1 N–H and O–H groups in total. The van der Waals surface area contributed by atoms with Crippen molar-refractivity contribution in [2.75, 3.05) is 7.11 Å². The maximum atomic E-state index is 11.8. The van der Waals surface area contributed by atoms with Crippen LogP contribution in [0.1, 0.15) is 36.9 Å². The first-order valence-corrected chi connectivity index (χ1v) is 9.68. The molecule has 140 valence electrons. The van der Waals surface area contributed by atoms with Gasteiger partial charge in [-0.2, -0.15) is 0 Å². The van der Waals surface area contributed by atoms with Crippen molar-refractivity contribution in [3.05, 3.63) is 27.9 Å². The van der Waals surface area contributed by atoms with Gasteiger partial charge in [0.15, 0.2) is 0 Å². The molecule has 1 aliphatic rings. The van der Waals surface area contributed by atoms with E-state index in [-0.39, 0.29) is 24.6 Å². The second kappa shape index (κ2) is 8.33. The molecule has 0 aromatic carbocycles. The van der Waals surface area contributed by atoms with Crippen LogP contribution in [0.15, 0.2) is 12.3 Å². The summed E-state index contributed by atoms with van der Waals surface area (Å²) in [7, 11) is 1.42. The number of aromatic nitrogens is 2. The molecule has 0 spiro atoms. The minimum Gasteiger partial charge on any atom is -0.473 e. The van der Waals surface area contributed by atoms with Gasteiger partial charge < -0.3 is 14.6 Å². The van der Waals surface area contributed by atoms with Gasteiger partial charge in [-0.05, 0) is 44.2 Å². The van der Waals surface area contributed by atoms with Gasteiger partial charge in [0.05, 0.1) is 40.7 Å². The van der Waals surface area contributed by atoms with Gasteiger partial charge in [-0.1, -0.05) is 11.6 Å². The standard InChI is InChI=1S/C18H21ClN2O4S/c1-10-17(25-13-5-3-4-11(6-13)18(23)24-2)20-8-14(21-10)16-12(9-22)7-15(19)26-16/h7-8,11,13,22H,3-6,9H2,1-2H3/t11-,13-/m0/s1. The van der Waals surface area contributed by atoms with E-state index >= 15 is 0 Å². The first-order valence-electron chi connectivity index (χ1n) is 8.49. The SMILES string of the molecule is COC(=O)[C@H]1CCC[C@H](Oc2ncc(-c3sc(Cl)cc3CO)nc2C)C1. The van der Waals surface area contributed by atoms with Crippen LogP contribution in [0, 0.1) is 12.8 Å². The maximum Gasteiger partial charge on any atom is 0.308 e. The summed E-state index contributed by atoms with van der Waals surface area (Å²) in [4.78, 5) is 21.5. The number of carbonyl (C=O) groups excluding carboxylic acids is 1. The number of hydrogen-bond donors (Lipinski definition) is 1. The molecular formula is C18H21ClN2O4S. The summed E-state index contributed by atoms with van der Waals surface area (Å²) in [6, 6.07) is 1.73. The molecule has 0 aliphatic heterocycles. The minimum absolute atomic E-state index is 0.0733. The Balaban J connectivity index is 1.75. The molecule has 2 aromatic heterocycles. The molecule has 0 saturated heterocycles. The van der Waals surface area contributed by atoms with Crippen molar-refractivity contribution >= 4 is 28.9 Å². The highest BCUT2D eigenvalue weighted by atomic mass is 35.5. The van der Waals surface area contributed by atoms with Crippen LogP contribution in [-0.2, 0) is 16.1 Å². The van der Waals surface area contributed by atoms with E-state index in [2.05, 4.69) is 9.97 Å². The van der Waals surface area contributed by atoms with Crippen molar-refractivity contribution < 1.29 is 19.4 Å². The summed E-state index contributed by atoms with van der Waals surface area (Å²) in [5, 5.41) is 9.46. The number of carbonyl (C=O) groups is 1. The molecule has 1 fully saturated rings. The lowest BCUT2D eigenvalue weighted by Crippen LogP contribution is -2.30. The number of aliphatic hydroxyl groups excluding tert-OH is 1. The number of rotatable bonds is 5. The third kappa shape index (κ3) is 4.16. The Morgan fingerprint density at radius 1 is 1.46 bits per heavy atom. The van der Waals surface area contributed by atoms with Crippen molar-refractivity contribution in [2.24, 2.45) is 5.92 Å². The average Bonchev–Trinajstić information content (AvgIpc) is 3.04. The van der Waals surface area contributed by atoms with Crippen LogP contribution in [0.3, 0.4) is 0 Å². The third-order valence-electron chi connectivity index (χ3n) is 4.52. The molecule has 2 aromatic rings. The molecule has 2 heterocycles. The van der Waals surface area contributed by atoms with Crippen molar-refractivity contribution in [3.8, 4) is 16.5 Å². The quantitative estimate of drug-likeness (QED) is 0.775. The second-order valence-electron chi connectivity index (χ2n) is 6.34. The van der Waals surface area contributed by atoms with E-state index in [4.69, 9.17) is 21.1 Å². The first kappa shape index (κ1) is 19.1. The number of methoxy groups -OCH3 is 1. The van der Waals surface area contributed by atoms with Crippen LogP contribution in [0.4, 0.5) is 0 Å². The summed E-state index contributed by atoms with van der Waals surface area (Å²) in [5.41, 5.74) is 2.05. The summed E-state index contributed by atoms with van der Waals surface area (Å²) in [6.45, 7) is 1.73. The Bertz CT molecular complexity index is 795. The van der Waals surface area contributed by atoms with Crippen molar-refractivity contribution in [1.29, 1.82) is 0 Å². The van der Waals surface area contributed by atoms with Gasteiger partial charge in [-0.25, -0.2) is 9.97 Å². The molecule has 0 amide bonds. The average molecular weight is 397 g/mol. The van der Waals surface area contributed by atoms with Gasteiger partial charge in [0, 0.05) is 0 Å². The van der Waals surface area contributed by atoms with Gasteiger partial charge in [0.2, 0.25) is 5.88 Å². The maximum absolute atomic E-state index is 11.8. The van der Waals surface area contributed by atoms with E-state index in [0.717, 1.165) is 29.7 Å². The predicted molar refractivity (Wildman–Crippen MR) is 99.4 cm³/mol. The Morgan fingerprint density at radius 2 is 2.27 bits per heavy atom. The number of esters is 1. The highest BCUT2D eigenvalue weighted by Gasteiger charge is 2.29. The van der Waals surface area contributed by atoms with Crippen LogP contribution in [0.2, 0.25) is 4.34 Å². The number of nitrogens with zero attached hydrogens (tertiary/aromatic N) is 2. The largest absolute Gasteiger partial charge is 0.473 e. The van der Waals surface area contributed by atoms with E-state index < -0.39 is 0 Å². The van der Waals surface area contributed by atoms with E-state index in [0.29, 0.717) is 28.0 Å². The zero-order chi connectivity index (χ0) is 18.7. The number of hydrogen-bond acceptors (Lipinski definition) is 7. The van der Waals surface area contributed by atoms with Crippen LogP contribution >= 0.6 is 22.9 Å². The van der Waals surface area contributed by atoms with E-state index in [9.17, 15) is 9.90 Å². The summed E-state index contributed by atoms with van der Waals surface area (Å²) < 4.78 is 11.5. The van der Waals surface area contributed by atoms with Crippen LogP contribution in [-0.4, -0.2) is 34.3 Å². The molecule has 0 bridgehead atoms. The van der Waals surface area contributed by atoms with Crippen molar-refractivity contribution in [3.63, 3.8) is 0 Å². The fourth-order valence-corrected chi connectivity index (χ4v) is 4.43. The topological polar surface area (TPSA) is 81.5 Å². The highest BCUT2D eigenvalue weighted by molar-refractivity contribution is 7.19. The second-order valence-corrected chi connectivity index (χ2v) is 8.02. The summed E-state index contributed by atoms with van der Waals surface area (Å²) in [5.74, 6) is 0.173. The highest BCUT2D eigenvalue weighted by Crippen LogP contribution is 2.35. The first-order chi connectivity index (χ1) is 12.5. The fourth-order valence-electron chi connectivity index (χ4n) is 3.22. The molecule has 1 aliphatic carbocycles. The Labute approximate surface area is 161 Å². The van der Waals surface area contributed by atoms with Crippen LogP contribution in [0.25, 0.3) is 10.6 Å². The lowest BCUT2D eigenvalue weighted by atomic mass is 9.87. The van der Waals surface area contributed by atoms with Gasteiger partial charge in [0.25, 0.3) is 0 Å². The van der Waals surface area contributed by atoms with Crippen LogP contribution in [0.5, 0.6) is 5.88 Å². The fraction of sp³-hybridized carbons (Fsp3) is 0.500. The zero-order valence-corrected chi connectivity index (χ0v) is 16.3. The third-order valence-corrected chi connectivity index (χ3v) is 5.85. The Kier molecular flexibility index (Phi) is 6.11. The molecule has 2 atom stereocenters. The minimum atomic E-state index is -0.178. The lowest BCUT2D eigenvalue weighted by molar-refractivity contribution is -0.147. The lowest BCUT2D eigenvalue weighted by Gasteiger charge is -2.27. The Morgan fingerprint density at radius 3 is 2.96 bits per heavy atom. The molecule has 6 nitrogen and oxygen atoms in total. The normalized spacial score (nSPS) is 20.0. The van der Waals surface area contributed by atoms with E-state index in [1.165, 1.54) is 18.4 Å². The number of thiophene rings is 1. The smallest absolute Gasteiger partial charge is 0.308 e. The van der Waals surface area contributed by atoms with Gasteiger partial charge in [-0.15, -0.1) is 11.3 Å². The molecule has 26 heavy (non-hydrogen) atoms. The predicted octanol–water partition coefficient (Wildman–Crippen LogP) is 3.77. The number of aliphatic hydroxyl groups is 1. The molecule has 3 rings (SSSR count). The number of ether oxygens (including phenoxy) is 2. The number of aryl methyl sites for hydroxylation is 1. The van der Waals surface area contributed by atoms with E-state index in [1.54, 1.807) is 12.3 Å². The van der Waals surface area contributed by atoms with Gasteiger partial charge in [-0.3, -0.25) is 4.79 Å². The van der Waals surface area contributed by atoms with Crippen molar-refractivity contribution in [2.45, 2.75) is 45.3 Å². The molecule has 8 heteroatoms. The van der Waals surface area contributed by atoms with Crippen LogP contribution < -0.4 is 4.74 Å².